The molecule has 0 bridgehead atoms. The van der Waals surface area contributed by atoms with Crippen LogP contribution in [-0.2, 0) is 20.9 Å². The Bertz CT molecular complexity index is 341. The van der Waals surface area contributed by atoms with E-state index in [0.717, 1.165) is 31.4 Å². The lowest BCUT2D eigenvalue weighted by atomic mass is 9.87. The Balaban J connectivity index is 1.70. The Labute approximate surface area is 100 Å². The largest absolute Gasteiger partial charge is 0.469 e. The number of aromatic nitrogens is 1. The van der Waals surface area contributed by atoms with Crippen LogP contribution < -0.4 is 0 Å². The van der Waals surface area contributed by atoms with Gasteiger partial charge in [-0.1, -0.05) is 5.16 Å². The third-order valence-corrected chi connectivity index (χ3v) is 3.16. The number of carbonyl (C=O) groups is 1. The number of rotatable bonds is 4. The van der Waals surface area contributed by atoms with Gasteiger partial charge in [0.2, 0.25) is 0 Å². The van der Waals surface area contributed by atoms with Crippen LogP contribution in [0.1, 0.15) is 31.4 Å². The van der Waals surface area contributed by atoms with Gasteiger partial charge in [0.1, 0.15) is 6.61 Å². The van der Waals surface area contributed by atoms with Crippen LogP contribution in [0.2, 0.25) is 0 Å². The molecule has 1 heterocycles. The molecule has 0 spiro atoms. The summed E-state index contributed by atoms with van der Waals surface area (Å²) >= 11 is 0. The minimum atomic E-state index is -0.0984. The number of esters is 1. The highest BCUT2D eigenvalue weighted by Crippen LogP contribution is 2.27. The fourth-order valence-corrected chi connectivity index (χ4v) is 2.15. The van der Waals surface area contributed by atoms with E-state index >= 15 is 0 Å². The number of hydrogen-bond acceptors (Lipinski definition) is 5. The summed E-state index contributed by atoms with van der Waals surface area (Å²) < 4.78 is 15.4. The van der Waals surface area contributed by atoms with E-state index in [-0.39, 0.29) is 18.0 Å². The molecule has 94 valence electrons. The summed E-state index contributed by atoms with van der Waals surface area (Å²) in [6.45, 7) is 0.452. The molecule has 0 aliphatic heterocycles. The van der Waals surface area contributed by atoms with Crippen molar-refractivity contribution in [2.75, 3.05) is 7.11 Å². The van der Waals surface area contributed by atoms with Gasteiger partial charge in [-0.05, 0) is 25.7 Å². The molecule has 1 aromatic rings. The van der Waals surface area contributed by atoms with Crippen LogP contribution in [0.3, 0.4) is 0 Å². The number of hydrogen-bond donors (Lipinski definition) is 0. The molecule has 0 atom stereocenters. The second-order valence-corrected chi connectivity index (χ2v) is 4.29. The summed E-state index contributed by atoms with van der Waals surface area (Å²) in [7, 11) is 1.44. The van der Waals surface area contributed by atoms with Crippen LogP contribution in [0, 0.1) is 5.92 Å². The summed E-state index contributed by atoms with van der Waals surface area (Å²) in [6.07, 6.45) is 5.29. The van der Waals surface area contributed by atoms with E-state index in [0.29, 0.717) is 6.61 Å². The van der Waals surface area contributed by atoms with Crippen molar-refractivity contribution in [3.05, 3.63) is 18.0 Å². The Hall–Kier alpha value is -1.36. The fraction of sp³-hybridized carbons (Fsp3) is 0.667. The minimum Gasteiger partial charge on any atom is -0.469 e. The van der Waals surface area contributed by atoms with Crippen molar-refractivity contribution in [2.45, 2.75) is 38.4 Å². The Kier molecular flexibility index (Phi) is 4.14. The molecule has 0 unspecified atom stereocenters. The zero-order valence-electron chi connectivity index (χ0n) is 9.93. The predicted molar refractivity (Wildman–Crippen MR) is 59.1 cm³/mol. The van der Waals surface area contributed by atoms with E-state index in [1.54, 1.807) is 12.3 Å². The molecule has 1 aliphatic rings. The monoisotopic (exact) mass is 239 g/mol. The van der Waals surface area contributed by atoms with E-state index in [4.69, 9.17) is 14.0 Å². The first-order chi connectivity index (χ1) is 8.29. The molecule has 5 nitrogen and oxygen atoms in total. The van der Waals surface area contributed by atoms with Crippen molar-refractivity contribution >= 4 is 5.97 Å². The summed E-state index contributed by atoms with van der Waals surface area (Å²) in [4.78, 5) is 11.3. The maximum absolute atomic E-state index is 11.3. The van der Waals surface area contributed by atoms with Crippen LogP contribution >= 0.6 is 0 Å². The zero-order chi connectivity index (χ0) is 12.1. The fourth-order valence-electron chi connectivity index (χ4n) is 2.15. The smallest absolute Gasteiger partial charge is 0.308 e. The number of nitrogens with zero attached hydrogens (tertiary/aromatic N) is 1. The van der Waals surface area contributed by atoms with Crippen LogP contribution in [0.4, 0.5) is 0 Å². The summed E-state index contributed by atoms with van der Waals surface area (Å²) in [5.74, 6) is 0.684. The van der Waals surface area contributed by atoms with Gasteiger partial charge in [-0.2, -0.15) is 0 Å². The summed E-state index contributed by atoms with van der Waals surface area (Å²) in [6, 6.07) is 1.79. The molecule has 1 aliphatic carbocycles. The maximum atomic E-state index is 11.3. The number of ether oxygens (including phenoxy) is 2. The van der Waals surface area contributed by atoms with Crippen LogP contribution in [0.5, 0.6) is 0 Å². The molecule has 0 N–H and O–H groups in total. The van der Waals surface area contributed by atoms with Gasteiger partial charge in [0, 0.05) is 6.07 Å². The van der Waals surface area contributed by atoms with Crippen molar-refractivity contribution in [1.82, 2.24) is 5.16 Å². The average molecular weight is 239 g/mol. The lowest BCUT2D eigenvalue weighted by Crippen LogP contribution is -2.26. The third kappa shape index (κ3) is 3.30. The Morgan fingerprint density at radius 3 is 2.82 bits per heavy atom. The number of methoxy groups -OCH3 is 1. The first-order valence-corrected chi connectivity index (χ1v) is 5.88. The highest BCUT2D eigenvalue weighted by Gasteiger charge is 2.27. The third-order valence-electron chi connectivity index (χ3n) is 3.16. The molecule has 17 heavy (non-hydrogen) atoms. The van der Waals surface area contributed by atoms with E-state index in [9.17, 15) is 4.79 Å². The van der Waals surface area contributed by atoms with Gasteiger partial charge in [0.05, 0.1) is 25.3 Å². The van der Waals surface area contributed by atoms with E-state index in [1.807, 2.05) is 0 Å². The lowest BCUT2D eigenvalue weighted by molar-refractivity contribution is -0.147. The maximum Gasteiger partial charge on any atom is 0.308 e. The first kappa shape index (κ1) is 12.1. The molecule has 0 aromatic carbocycles. The van der Waals surface area contributed by atoms with E-state index < -0.39 is 0 Å². The molecular weight excluding hydrogens is 222 g/mol. The Morgan fingerprint density at radius 2 is 2.24 bits per heavy atom. The molecular formula is C12H17NO4. The van der Waals surface area contributed by atoms with Crippen LogP contribution in [-0.4, -0.2) is 24.3 Å². The molecule has 2 rings (SSSR count). The predicted octanol–water partition coefficient (Wildman–Crippen LogP) is 1.92. The standard InChI is InChI=1S/C12H17NO4/c1-15-12(14)9-2-4-10(5-3-9)16-8-11-6-7-13-17-11/h6-7,9-10H,2-5,8H2,1H3. The van der Waals surface area contributed by atoms with Crippen molar-refractivity contribution in [1.29, 1.82) is 0 Å². The van der Waals surface area contributed by atoms with E-state index in [1.165, 1.54) is 7.11 Å². The molecule has 1 aromatic heterocycles. The molecule has 0 amide bonds. The SMILES string of the molecule is COC(=O)C1CCC(OCc2ccno2)CC1. The van der Waals surface area contributed by atoms with Gasteiger partial charge in [0.25, 0.3) is 0 Å². The minimum absolute atomic E-state index is 0.0464. The molecule has 5 heteroatoms. The highest BCUT2D eigenvalue weighted by atomic mass is 16.5. The number of carbonyl (C=O) groups excluding carboxylic acids is 1. The summed E-state index contributed by atoms with van der Waals surface area (Å²) in [5.41, 5.74) is 0. The van der Waals surface area contributed by atoms with Crippen molar-refractivity contribution < 1.29 is 18.8 Å². The highest BCUT2D eigenvalue weighted by molar-refractivity contribution is 5.72. The van der Waals surface area contributed by atoms with Gasteiger partial charge in [-0.25, -0.2) is 0 Å². The second kappa shape index (κ2) is 5.82. The molecule has 0 radical (unpaired) electrons. The zero-order valence-corrected chi connectivity index (χ0v) is 9.93. The average Bonchev–Trinajstić information content (AvgIpc) is 2.89. The van der Waals surface area contributed by atoms with E-state index in [2.05, 4.69) is 5.16 Å². The molecule has 1 saturated carbocycles. The second-order valence-electron chi connectivity index (χ2n) is 4.29. The van der Waals surface area contributed by atoms with Gasteiger partial charge < -0.3 is 14.0 Å². The normalized spacial score (nSPS) is 24.5. The van der Waals surface area contributed by atoms with Crippen LogP contribution in [0.25, 0.3) is 0 Å². The Morgan fingerprint density at radius 1 is 1.47 bits per heavy atom. The summed E-state index contributed by atoms with van der Waals surface area (Å²) in [5, 5.41) is 3.62. The molecule has 1 fully saturated rings. The lowest BCUT2D eigenvalue weighted by Gasteiger charge is -2.26. The van der Waals surface area contributed by atoms with Crippen molar-refractivity contribution in [2.24, 2.45) is 5.92 Å². The topological polar surface area (TPSA) is 61.6 Å². The van der Waals surface area contributed by atoms with Crippen LogP contribution in [0.15, 0.2) is 16.8 Å². The van der Waals surface area contributed by atoms with Gasteiger partial charge in [-0.3, -0.25) is 4.79 Å². The van der Waals surface area contributed by atoms with Gasteiger partial charge >= 0.3 is 5.97 Å². The van der Waals surface area contributed by atoms with Gasteiger partial charge in [-0.15, -0.1) is 0 Å². The molecule has 0 saturated heterocycles. The first-order valence-electron chi connectivity index (χ1n) is 5.88. The van der Waals surface area contributed by atoms with Crippen molar-refractivity contribution in [3.63, 3.8) is 0 Å². The van der Waals surface area contributed by atoms with Gasteiger partial charge in [0.15, 0.2) is 5.76 Å². The quantitative estimate of drug-likeness (QED) is 0.751. The van der Waals surface area contributed by atoms with Crippen molar-refractivity contribution in [3.8, 4) is 0 Å².